The molecule has 1 unspecified atom stereocenters. The number of pyridine rings is 1. The van der Waals surface area contributed by atoms with E-state index < -0.39 is 0 Å². The lowest BCUT2D eigenvalue weighted by atomic mass is 10.1. The first kappa shape index (κ1) is 14.8. The number of nitrogens with zero attached hydrogens (tertiary/aromatic N) is 2. The van der Waals surface area contributed by atoms with Gasteiger partial charge in [0.05, 0.1) is 5.56 Å². The number of hydrogen-bond donors (Lipinski definition) is 2. The summed E-state index contributed by atoms with van der Waals surface area (Å²) in [5, 5.41) is 6.08. The van der Waals surface area contributed by atoms with Gasteiger partial charge in [0.2, 0.25) is 0 Å². The molecule has 5 heteroatoms. The second kappa shape index (κ2) is 7.24. The van der Waals surface area contributed by atoms with Gasteiger partial charge in [-0.25, -0.2) is 0 Å². The molecule has 1 aliphatic heterocycles. The van der Waals surface area contributed by atoms with E-state index in [9.17, 15) is 4.79 Å². The third kappa shape index (κ3) is 3.93. The fraction of sp³-hybridized carbons (Fsp3) is 0.600. The Morgan fingerprint density at radius 1 is 1.40 bits per heavy atom. The average Bonchev–Trinajstić information content (AvgIpc) is 2.48. The van der Waals surface area contributed by atoms with Crippen molar-refractivity contribution in [3.8, 4) is 0 Å². The summed E-state index contributed by atoms with van der Waals surface area (Å²) in [5.41, 5.74) is 1.41. The molecule has 2 N–H and O–H groups in total. The summed E-state index contributed by atoms with van der Waals surface area (Å²) in [6, 6.07) is 1.95. The Morgan fingerprint density at radius 2 is 2.15 bits per heavy atom. The maximum absolute atomic E-state index is 12.3. The van der Waals surface area contributed by atoms with E-state index in [4.69, 9.17) is 0 Å². The fourth-order valence-electron chi connectivity index (χ4n) is 2.67. The van der Waals surface area contributed by atoms with Crippen LogP contribution in [0.2, 0.25) is 0 Å². The molecule has 1 fully saturated rings. The van der Waals surface area contributed by atoms with Crippen LogP contribution in [0.25, 0.3) is 0 Å². The van der Waals surface area contributed by atoms with Crippen LogP contribution in [-0.2, 0) is 0 Å². The van der Waals surface area contributed by atoms with Crippen molar-refractivity contribution in [2.45, 2.75) is 32.2 Å². The SMILES string of the molecule is CNc1ccncc1C(=O)NC(C)CN1CCCCC1. The Kier molecular flexibility index (Phi) is 5.35. The molecule has 5 nitrogen and oxygen atoms in total. The van der Waals surface area contributed by atoms with Gasteiger partial charge in [0, 0.05) is 37.7 Å². The number of carbonyl (C=O) groups is 1. The van der Waals surface area contributed by atoms with Crippen molar-refractivity contribution in [1.82, 2.24) is 15.2 Å². The highest BCUT2D eigenvalue weighted by Gasteiger charge is 2.17. The summed E-state index contributed by atoms with van der Waals surface area (Å²) in [5.74, 6) is -0.0630. The van der Waals surface area contributed by atoms with Gasteiger partial charge >= 0.3 is 0 Å². The smallest absolute Gasteiger partial charge is 0.255 e. The molecule has 0 bridgehead atoms. The molecule has 2 heterocycles. The third-order valence-electron chi connectivity index (χ3n) is 3.69. The highest BCUT2D eigenvalue weighted by molar-refractivity contribution is 5.99. The average molecular weight is 276 g/mol. The predicted molar refractivity (Wildman–Crippen MR) is 81.0 cm³/mol. The summed E-state index contributed by atoms with van der Waals surface area (Å²) in [6.45, 7) is 5.27. The van der Waals surface area contributed by atoms with Gasteiger partial charge in [-0.3, -0.25) is 9.78 Å². The third-order valence-corrected chi connectivity index (χ3v) is 3.69. The lowest BCUT2D eigenvalue weighted by molar-refractivity contribution is 0.0926. The lowest BCUT2D eigenvalue weighted by Gasteiger charge is -2.29. The van der Waals surface area contributed by atoms with Gasteiger partial charge in [0.15, 0.2) is 0 Å². The van der Waals surface area contributed by atoms with E-state index in [2.05, 4.69) is 27.4 Å². The number of nitrogens with one attached hydrogen (secondary N) is 2. The van der Waals surface area contributed by atoms with Crippen LogP contribution in [0.4, 0.5) is 5.69 Å². The largest absolute Gasteiger partial charge is 0.387 e. The Morgan fingerprint density at radius 3 is 2.85 bits per heavy atom. The minimum Gasteiger partial charge on any atom is -0.387 e. The number of piperidine rings is 1. The minimum absolute atomic E-state index is 0.0630. The molecule has 1 aliphatic rings. The van der Waals surface area contributed by atoms with Crippen LogP contribution >= 0.6 is 0 Å². The highest BCUT2D eigenvalue weighted by Crippen LogP contribution is 2.13. The maximum Gasteiger partial charge on any atom is 0.255 e. The first-order chi connectivity index (χ1) is 9.70. The molecule has 1 aromatic heterocycles. The van der Waals surface area contributed by atoms with Crippen LogP contribution in [0.1, 0.15) is 36.5 Å². The molecular weight excluding hydrogens is 252 g/mol. The highest BCUT2D eigenvalue weighted by atomic mass is 16.1. The molecule has 1 saturated heterocycles. The van der Waals surface area contributed by atoms with Crippen molar-refractivity contribution < 1.29 is 4.79 Å². The summed E-state index contributed by atoms with van der Waals surface area (Å²) in [6.07, 6.45) is 7.16. The quantitative estimate of drug-likeness (QED) is 0.860. The zero-order valence-corrected chi connectivity index (χ0v) is 12.4. The monoisotopic (exact) mass is 276 g/mol. The van der Waals surface area contributed by atoms with Crippen LogP contribution in [0.5, 0.6) is 0 Å². The fourth-order valence-corrected chi connectivity index (χ4v) is 2.67. The van der Waals surface area contributed by atoms with E-state index in [1.165, 1.54) is 19.3 Å². The Balaban J connectivity index is 1.89. The van der Waals surface area contributed by atoms with Gasteiger partial charge in [-0.1, -0.05) is 6.42 Å². The van der Waals surface area contributed by atoms with Crippen molar-refractivity contribution in [3.05, 3.63) is 24.0 Å². The molecule has 2 rings (SSSR count). The van der Waals surface area contributed by atoms with Crippen LogP contribution in [0.15, 0.2) is 18.5 Å². The molecule has 0 spiro atoms. The molecule has 0 aromatic carbocycles. The maximum atomic E-state index is 12.3. The molecule has 0 aliphatic carbocycles. The number of likely N-dealkylation sites (tertiary alicyclic amines) is 1. The van der Waals surface area contributed by atoms with Gasteiger partial charge in [0.25, 0.3) is 5.91 Å². The standard InChI is InChI=1S/C15H24N4O/c1-12(11-19-8-4-3-5-9-19)18-15(20)13-10-17-7-6-14(13)16-2/h6-7,10,12H,3-5,8-9,11H2,1-2H3,(H,16,17)(H,18,20). The molecule has 1 aromatic rings. The van der Waals surface area contributed by atoms with Gasteiger partial charge in [-0.05, 0) is 38.9 Å². The first-order valence-electron chi connectivity index (χ1n) is 7.35. The van der Waals surface area contributed by atoms with E-state index in [1.807, 2.05) is 13.1 Å². The molecule has 0 saturated carbocycles. The van der Waals surface area contributed by atoms with Gasteiger partial charge in [-0.2, -0.15) is 0 Å². The number of anilines is 1. The van der Waals surface area contributed by atoms with Gasteiger partial charge in [0.1, 0.15) is 0 Å². The number of aromatic nitrogens is 1. The lowest BCUT2D eigenvalue weighted by Crippen LogP contribution is -2.43. The van der Waals surface area contributed by atoms with E-state index in [0.29, 0.717) is 5.56 Å². The van der Waals surface area contributed by atoms with Crippen LogP contribution < -0.4 is 10.6 Å². The summed E-state index contributed by atoms with van der Waals surface area (Å²) >= 11 is 0. The zero-order valence-electron chi connectivity index (χ0n) is 12.4. The number of carbonyl (C=O) groups excluding carboxylic acids is 1. The van der Waals surface area contributed by atoms with Crippen molar-refractivity contribution in [1.29, 1.82) is 0 Å². The van der Waals surface area contributed by atoms with E-state index in [1.54, 1.807) is 12.4 Å². The van der Waals surface area contributed by atoms with Crippen molar-refractivity contribution in [3.63, 3.8) is 0 Å². The topological polar surface area (TPSA) is 57.3 Å². The number of rotatable bonds is 5. The van der Waals surface area contributed by atoms with Crippen LogP contribution in [0, 0.1) is 0 Å². The number of hydrogen-bond acceptors (Lipinski definition) is 4. The van der Waals surface area contributed by atoms with Gasteiger partial charge < -0.3 is 15.5 Å². The van der Waals surface area contributed by atoms with Crippen LogP contribution in [-0.4, -0.2) is 48.5 Å². The van der Waals surface area contributed by atoms with E-state index in [-0.39, 0.29) is 11.9 Å². The summed E-state index contributed by atoms with van der Waals surface area (Å²) in [4.78, 5) is 18.7. The summed E-state index contributed by atoms with van der Waals surface area (Å²) in [7, 11) is 1.81. The van der Waals surface area contributed by atoms with Crippen molar-refractivity contribution >= 4 is 11.6 Å². The van der Waals surface area contributed by atoms with Crippen molar-refractivity contribution in [2.24, 2.45) is 0 Å². The molecule has 0 radical (unpaired) electrons. The second-order valence-corrected chi connectivity index (χ2v) is 5.41. The molecule has 110 valence electrons. The first-order valence-corrected chi connectivity index (χ1v) is 7.35. The zero-order chi connectivity index (χ0) is 14.4. The number of amides is 1. The Labute approximate surface area is 120 Å². The molecule has 20 heavy (non-hydrogen) atoms. The normalized spacial score (nSPS) is 17.5. The minimum atomic E-state index is -0.0630. The van der Waals surface area contributed by atoms with E-state index in [0.717, 1.165) is 25.3 Å². The molecule has 1 atom stereocenters. The Hall–Kier alpha value is -1.62. The van der Waals surface area contributed by atoms with Gasteiger partial charge in [-0.15, -0.1) is 0 Å². The van der Waals surface area contributed by atoms with Crippen molar-refractivity contribution in [2.75, 3.05) is 32.0 Å². The molecular formula is C15H24N4O. The predicted octanol–water partition coefficient (Wildman–Crippen LogP) is 1.73. The molecule has 1 amide bonds. The summed E-state index contributed by atoms with van der Waals surface area (Å²) < 4.78 is 0. The Bertz CT molecular complexity index is 443. The van der Waals surface area contributed by atoms with Crippen LogP contribution in [0.3, 0.4) is 0 Å². The van der Waals surface area contributed by atoms with E-state index >= 15 is 0 Å². The second-order valence-electron chi connectivity index (χ2n) is 5.41.